The number of aryl methyl sites for hydroxylation is 1. The summed E-state index contributed by atoms with van der Waals surface area (Å²) < 4.78 is 5.14. The van der Waals surface area contributed by atoms with E-state index < -0.39 is 0 Å². The Morgan fingerprint density at radius 2 is 1.96 bits per heavy atom. The van der Waals surface area contributed by atoms with Crippen molar-refractivity contribution in [3.63, 3.8) is 0 Å². The molecular formula is C21H19ClN4O2. The number of fused-ring (bicyclic) bond motifs is 1. The van der Waals surface area contributed by atoms with Gasteiger partial charge in [-0.3, -0.25) is 4.79 Å². The maximum absolute atomic E-state index is 12.9. The molecule has 1 aromatic heterocycles. The first-order valence-electron chi connectivity index (χ1n) is 8.98. The van der Waals surface area contributed by atoms with Gasteiger partial charge in [0.05, 0.1) is 17.7 Å². The molecule has 2 aromatic carbocycles. The van der Waals surface area contributed by atoms with Crippen LogP contribution in [-0.2, 0) is 6.42 Å². The Morgan fingerprint density at radius 1 is 1.18 bits per heavy atom. The van der Waals surface area contributed by atoms with Gasteiger partial charge in [0.25, 0.3) is 5.91 Å². The fourth-order valence-corrected chi connectivity index (χ4v) is 3.53. The van der Waals surface area contributed by atoms with Gasteiger partial charge >= 0.3 is 0 Å². The third kappa shape index (κ3) is 3.64. The van der Waals surface area contributed by atoms with Gasteiger partial charge in [-0.2, -0.15) is 0 Å². The van der Waals surface area contributed by atoms with Crippen LogP contribution in [0.3, 0.4) is 0 Å². The molecule has 1 aliphatic heterocycles. The molecule has 1 aliphatic rings. The first-order chi connectivity index (χ1) is 13.7. The van der Waals surface area contributed by atoms with Gasteiger partial charge < -0.3 is 15.0 Å². The summed E-state index contributed by atoms with van der Waals surface area (Å²) in [4.78, 5) is 23.3. The Morgan fingerprint density at radius 3 is 2.71 bits per heavy atom. The van der Waals surface area contributed by atoms with E-state index in [0.717, 1.165) is 24.2 Å². The van der Waals surface area contributed by atoms with E-state index in [0.29, 0.717) is 28.8 Å². The normalized spacial score (nSPS) is 13.0. The highest BCUT2D eigenvalue weighted by molar-refractivity contribution is 6.32. The van der Waals surface area contributed by atoms with Gasteiger partial charge in [-0.15, -0.1) is 0 Å². The van der Waals surface area contributed by atoms with Crippen LogP contribution in [0.4, 0.5) is 17.3 Å². The number of rotatable bonds is 4. The Hall–Kier alpha value is -3.12. The zero-order valence-electron chi connectivity index (χ0n) is 15.4. The number of nitrogens with one attached hydrogen (secondary N) is 1. The van der Waals surface area contributed by atoms with Crippen molar-refractivity contribution in [2.45, 2.75) is 12.8 Å². The summed E-state index contributed by atoms with van der Waals surface area (Å²) in [6.45, 7) is 0.695. The van der Waals surface area contributed by atoms with Crippen molar-refractivity contribution in [2.75, 3.05) is 23.9 Å². The summed E-state index contributed by atoms with van der Waals surface area (Å²) in [7, 11) is 1.56. The Kier molecular flexibility index (Phi) is 5.12. The molecule has 0 bridgehead atoms. The average molecular weight is 395 g/mol. The number of hydrogen-bond donors (Lipinski definition) is 1. The summed E-state index contributed by atoms with van der Waals surface area (Å²) in [6, 6.07) is 13.3. The standard InChI is InChI=1S/C21H19ClN4O2/c1-28-19-9-8-16(11-17(19)22)25-21-23-12-15(13-24-21)20(27)26-10-4-6-14-5-2-3-7-18(14)26/h2-3,5,7-9,11-13H,4,6,10H2,1H3,(H,23,24,25). The molecule has 0 fully saturated rings. The number of nitrogens with zero attached hydrogens (tertiary/aromatic N) is 3. The lowest BCUT2D eigenvalue weighted by molar-refractivity contribution is 0.0984. The summed E-state index contributed by atoms with van der Waals surface area (Å²) in [5.74, 6) is 0.888. The van der Waals surface area contributed by atoms with Crippen LogP contribution in [0.2, 0.25) is 5.02 Å². The second-order valence-corrected chi connectivity index (χ2v) is 6.87. The van der Waals surface area contributed by atoms with E-state index in [1.165, 1.54) is 5.56 Å². The first-order valence-corrected chi connectivity index (χ1v) is 9.36. The smallest absolute Gasteiger partial charge is 0.261 e. The first kappa shape index (κ1) is 18.3. The van der Waals surface area contributed by atoms with E-state index in [1.807, 2.05) is 24.3 Å². The monoisotopic (exact) mass is 394 g/mol. The molecule has 0 spiro atoms. The molecule has 2 heterocycles. The zero-order chi connectivity index (χ0) is 19.5. The van der Waals surface area contributed by atoms with E-state index in [2.05, 4.69) is 21.4 Å². The lowest BCUT2D eigenvalue weighted by Crippen LogP contribution is -2.35. The second-order valence-electron chi connectivity index (χ2n) is 6.46. The quantitative estimate of drug-likeness (QED) is 0.706. The SMILES string of the molecule is COc1ccc(Nc2ncc(C(=O)N3CCCc4ccccc43)cn2)cc1Cl. The van der Waals surface area contributed by atoms with Gasteiger partial charge in [0.1, 0.15) is 5.75 Å². The number of methoxy groups -OCH3 is 1. The lowest BCUT2D eigenvalue weighted by atomic mass is 10.0. The predicted molar refractivity (Wildman–Crippen MR) is 110 cm³/mol. The van der Waals surface area contributed by atoms with Crippen molar-refractivity contribution >= 4 is 34.8 Å². The maximum atomic E-state index is 12.9. The van der Waals surface area contributed by atoms with Crippen LogP contribution in [0.15, 0.2) is 54.9 Å². The number of anilines is 3. The molecule has 0 atom stereocenters. The lowest BCUT2D eigenvalue weighted by Gasteiger charge is -2.29. The van der Waals surface area contributed by atoms with Crippen LogP contribution >= 0.6 is 11.6 Å². The van der Waals surface area contributed by atoms with Crippen LogP contribution in [0.1, 0.15) is 22.3 Å². The number of hydrogen-bond acceptors (Lipinski definition) is 5. The molecule has 0 radical (unpaired) electrons. The van der Waals surface area contributed by atoms with Gasteiger partial charge in [-0.25, -0.2) is 9.97 Å². The van der Waals surface area contributed by atoms with E-state index in [-0.39, 0.29) is 5.91 Å². The minimum Gasteiger partial charge on any atom is -0.495 e. The number of amides is 1. The molecule has 3 aromatic rings. The number of ether oxygens (including phenoxy) is 1. The average Bonchev–Trinajstić information content (AvgIpc) is 2.73. The summed E-state index contributed by atoms with van der Waals surface area (Å²) >= 11 is 6.13. The zero-order valence-corrected chi connectivity index (χ0v) is 16.1. The van der Waals surface area contributed by atoms with Crippen molar-refractivity contribution in [1.29, 1.82) is 0 Å². The van der Waals surface area contributed by atoms with Crippen molar-refractivity contribution in [3.8, 4) is 5.75 Å². The van der Waals surface area contributed by atoms with E-state index in [9.17, 15) is 4.79 Å². The van der Waals surface area contributed by atoms with Crippen LogP contribution in [-0.4, -0.2) is 29.5 Å². The van der Waals surface area contributed by atoms with Gasteiger partial charge in [0.2, 0.25) is 5.95 Å². The molecule has 0 aliphatic carbocycles. The Balaban J connectivity index is 1.51. The molecule has 0 unspecified atom stereocenters. The molecule has 7 heteroatoms. The van der Waals surface area contributed by atoms with Gasteiger partial charge in [0.15, 0.2) is 0 Å². The number of carbonyl (C=O) groups excluding carboxylic acids is 1. The number of aromatic nitrogens is 2. The number of benzene rings is 2. The number of carbonyl (C=O) groups is 1. The van der Waals surface area contributed by atoms with Crippen LogP contribution in [0.5, 0.6) is 5.75 Å². The third-order valence-electron chi connectivity index (χ3n) is 4.66. The molecule has 6 nitrogen and oxygen atoms in total. The van der Waals surface area contributed by atoms with Crippen molar-refractivity contribution in [2.24, 2.45) is 0 Å². The van der Waals surface area contributed by atoms with Crippen LogP contribution in [0.25, 0.3) is 0 Å². The highest BCUT2D eigenvalue weighted by atomic mass is 35.5. The molecule has 0 saturated carbocycles. The largest absolute Gasteiger partial charge is 0.495 e. The molecular weight excluding hydrogens is 376 g/mol. The topological polar surface area (TPSA) is 67.3 Å². The predicted octanol–water partition coefficient (Wildman–Crippen LogP) is 4.48. The maximum Gasteiger partial charge on any atom is 0.261 e. The Labute approximate surface area is 168 Å². The molecule has 1 amide bonds. The van der Waals surface area contributed by atoms with E-state index >= 15 is 0 Å². The van der Waals surface area contributed by atoms with E-state index in [4.69, 9.17) is 16.3 Å². The highest BCUT2D eigenvalue weighted by Crippen LogP contribution is 2.29. The van der Waals surface area contributed by atoms with Crippen LogP contribution in [0, 0.1) is 0 Å². The molecule has 28 heavy (non-hydrogen) atoms. The van der Waals surface area contributed by atoms with Crippen molar-refractivity contribution in [3.05, 3.63) is 71.0 Å². The number of para-hydroxylation sites is 1. The second kappa shape index (κ2) is 7.86. The molecule has 142 valence electrons. The van der Waals surface area contributed by atoms with Crippen molar-refractivity contribution in [1.82, 2.24) is 9.97 Å². The van der Waals surface area contributed by atoms with Gasteiger partial charge in [-0.05, 0) is 42.7 Å². The highest BCUT2D eigenvalue weighted by Gasteiger charge is 2.23. The fourth-order valence-electron chi connectivity index (χ4n) is 3.28. The summed E-state index contributed by atoms with van der Waals surface area (Å²) in [5, 5.41) is 3.56. The minimum absolute atomic E-state index is 0.0915. The van der Waals surface area contributed by atoms with Crippen LogP contribution < -0.4 is 15.0 Å². The van der Waals surface area contributed by atoms with Crippen molar-refractivity contribution < 1.29 is 9.53 Å². The Bertz CT molecular complexity index is 1010. The summed E-state index contributed by atoms with van der Waals surface area (Å²) in [6.07, 6.45) is 5.02. The molecule has 1 N–H and O–H groups in total. The third-order valence-corrected chi connectivity index (χ3v) is 4.96. The number of halogens is 1. The molecule has 0 saturated heterocycles. The van der Waals surface area contributed by atoms with Gasteiger partial charge in [-0.1, -0.05) is 29.8 Å². The van der Waals surface area contributed by atoms with Gasteiger partial charge in [0, 0.05) is 30.3 Å². The van der Waals surface area contributed by atoms with E-state index in [1.54, 1.807) is 36.5 Å². The fraction of sp³-hybridized carbons (Fsp3) is 0.190. The molecule has 4 rings (SSSR count). The minimum atomic E-state index is -0.0915. The summed E-state index contributed by atoms with van der Waals surface area (Å²) in [5.41, 5.74) is 3.34.